The molecule has 0 saturated carbocycles. The van der Waals surface area contributed by atoms with E-state index in [2.05, 4.69) is 0 Å². The number of hydrogen-bond acceptors (Lipinski definition) is 2. The Hall–Kier alpha value is -1.76. The Labute approximate surface area is 118 Å². The predicted octanol–water partition coefficient (Wildman–Crippen LogP) is 2.36. The third-order valence-electron chi connectivity index (χ3n) is 2.89. The number of carbonyl (C=O) groups excluding carboxylic acids is 2. The number of carbonyl (C=O) groups is 2. The Kier molecular flexibility index (Phi) is 4.65. The van der Waals surface area contributed by atoms with Gasteiger partial charge in [0.1, 0.15) is 0 Å². The maximum absolute atomic E-state index is 12.5. The van der Waals surface area contributed by atoms with Crippen molar-refractivity contribution < 1.29 is 22.8 Å². The highest BCUT2D eigenvalue weighted by molar-refractivity contribution is 6.34. The molecule has 0 spiro atoms. The molecule has 0 fully saturated rings. The van der Waals surface area contributed by atoms with E-state index in [0.717, 1.165) is 17.0 Å². The molecule has 110 valence electrons. The van der Waals surface area contributed by atoms with Crippen LogP contribution in [0, 0.1) is 0 Å². The summed E-state index contributed by atoms with van der Waals surface area (Å²) in [5.74, 6) is -2.10. The molecule has 4 nitrogen and oxygen atoms in total. The molecule has 1 aromatic carbocycles. The van der Waals surface area contributed by atoms with Crippen LogP contribution in [0.4, 0.5) is 13.2 Å². The Morgan fingerprint density at radius 3 is 2.30 bits per heavy atom. The van der Waals surface area contributed by atoms with E-state index >= 15 is 0 Å². The Morgan fingerprint density at radius 1 is 1.35 bits per heavy atom. The third-order valence-corrected chi connectivity index (χ3v) is 3.22. The van der Waals surface area contributed by atoms with E-state index in [9.17, 15) is 22.8 Å². The van der Waals surface area contributed by atoms with Crippen LogP contribution in [0.1, 0.15) is 24.1 Å². The second-order valence-electron chi connectivity index (χ2n) is 4.19. The highest BCUT2D eigenvalue weighted by atomic mass is 35.5. The lowest BCUT2D eigenvalue weighted by molar-refractivity contribution is -0.144. The lowest BCUT2D eigenvalue weighted by atomic mass is 10.0. The largest absolute Gasteiger partial charge is 0.416 e. The van der Waals surface area contributed by atoms with Gasteiger partial charge in [0.25, 0.3) is 0 Å². The fraction of sp³-hybridized carbons (Fsp3) is 0.333. The van der Waals surface area contributed by atoms with E-state index in [1.165, 1.54) is 20.0 Å². The van der Waals surface area contributed by atoms with Gasteiger partial charge in [-0.25, -0.2) is 0 Å². The van der Waals surface area contributed by atoms with Crippen molar-refractivity contribution in [3.05, 3.63) is 34.3 Å². The van der Waals surface area contributed by atoms with Gasteiger partial charge >= 0.3 is 18.0 Å². The second-order valence-corrected chi connectivity index (χ2v) is 4.60. The van der Waals surface area contributed by atoms with Gasteiger partial charge < -0.3 is 10.6 Å². The number of hydrogen-bond donors (Lipinski definition) is 1. The summed E-state index contributed by atoms with van der Waals surface area (Å²) in [6, 6.07) is 2.11. The van der Waals surface area contributed by atoms with Crippen molar-refractivity contribution in [2.45, 2.75) is 19.1 Å². The zero-order valence-electron chi connectivity index (χ0n) is 10.7. The number of nitrogens with two attached hydrogens (primary N) is 1. The van der Waals surface area contributed by atoms with Gasteiger partial charge in [-0.15, -0.1) is 0 Å². The molecule has 1 atom stereocenters. The van der Waals surface area contributed by atoms with E-state index in [0.29, 0.717) is 0 Å². The summed E-state index contributed by atoms with van der Waals surface area (Å²) < 4.78 is 37.5. The molecule has 1 rings (SSSR count). The average Bonchev–Trinajstić information content (AvgIpc) is 2.34. The van der Waals surface area contributed by atoms with Gasteiger partial charge in [0.2, 0.25) is 0 Å². The van der Waals surface area contributed by atoms with Crippen LogP contribution in [0.15, 0.2) is 18.2 Å². The molecular weight excluding hydrogens is 297 g/mol. The minimum atomic E-state index is -4.50. The molecule has 0 aromatic heterocycles. The van der Waals surface area contributed by atoms with E-state index in [-0.39, 0.29) is 10.6 Å². The van der Waals surface area contributed by atoms with Gasteiger partial charge in [0, 0.05) is 12.1 Å². The van der Waals surface area contributed by atoms with Gasteiger partial charge in [0.05, 0.1) is 11.6 Å². The standard InChI is InChI=1S/C12H12ClF3N2O2/c1-6(18(2)11(20)10(17)19)8-4-3-7(5-9(8)13)12(14,15)16/h3-6H,1-2H3,(H2,17,19). The maximum Gasteiger partial charge on any atom is 0.416 e. The SMILES string of the molecule is CC(c1ccc(C(F)(F)F)cc1Cl)N(C)C(=O)C(N)=O. The summed E-state index contributed by atoms with van der Waals surface area (Å²) in [7, 11) is 1.31. The maximum atomic E-state index is 12.5. The molecule has 0 heterocycles. The molecule has 0 aliphatic heterocycles. The molecule has 0 saturated heterocycles. The normalized spacial score (nSPS) is 12.9. The minimum Gasteiger partial charge on any atom is -0.361 e. The molecule has 2 N–H and O–H groups in total. The summed E-state index contributed by atoms with van der Waals surface area (Å²) in [5, 5.41) is -0.142. The van der Waals surface area contributed by atoms with Crippen molar-refractivity contribution in [3.63, 3.8) is 0 Å². The fourth-order valence-corrected chi connectivity index (χ4v) is 1.94. The first-order valence-corrected chi connectivity index (χ1v) is 5.86. The number of alkyl halides is 3. The number of halogens is 4. The number of amides is 2. The third kappa shape index (κ3) is 3.41. The second kappa shape index (κ2) is 5.70. The number of nitrogens with zero attached hydrogens (tertiary/aromatic N) is 1. The number of rotatable bonds is 2. The van der Waals surface area contributed by atoms with Crippen LogP contribution in [0.5, 0.6) is 0 Å². The smallest absolute Gasteiger partial charge is 0.361 e. The van der Waals surface area contributed by atoms with Gasteiger partial charge in [-0.3, -0.25) is 9.59 Å². The summed E-state index contributed by atoms with van der Waals surface area (Å²) in [5.41, 5.74) is 4.26. The van der Waals surface area contributed by atoms with Gasteiger partial charge in [-0.1, -0.05) is 17.7 Å². The van der Waals surface area contributed by atoms with Crippen molar-refractivity contribution in [2.75, 3.05) is 7.05 Å². The quantitative estimate of drug-likeness (QED) is 0.853. The Morgan fingerprint density at radius 2 is 1.90 bits per heavy atom. The number of benzene rings is 1. The lowest BCUT2D eigenvalue weighted by Gasteiger charge is -2.25. The van der Waals surface area contributed by atoms with E-state index < -0.39 is 29.6 Å². The molecule has 0 radical (unpaired) electrons. The Balaban J connectivity index is 3.09. The molecule has 2 amide bonds. The first kappa shape index (κ1) is 16.3. The zero-order valence-corrected chi connectivity index (χ0v) is 11.4. The van der Waals surface area contributed by atoms with Crippen LogP contribution in [0.2, 0.25) is 5.02 Å². The molecule has 1 unspecified atom stereocenters. The molecule has 0 bridgehead atoms. The highest BCUT2D eigenvalue weighted by Crippen LogP contribution is 2.34. The van der Waals surface area contributed by atoms with Crippen LogP contribution in [0.3, 0.4) is 0 Å². The first-order chi connectivity index (χ1) is 9.05. The van der Waals surface area contributed by atoms with Crippen LogP contribution in [-0.4, -0.2) is 23.8 Å². The van der Waals surface area contributed by atoms with Gasteiger partial charge in [0.15, 0.2) is 0 Å². The van der Waals surface area contributed by atoms with Crippen LogP contribution in [0.25, 0.3) is 0 Å². The fourth-order valence-electron chi connectivity index (χ4n) is 1.60. The highest BCUT2D eigenvalue weighted by Gasteiger charge is 2.32. The van der Waals surface area contributed by atoms with Crippen molar-refractivity contribution in [3.8, 4) is 0 Å². The number of primary amides is 1. The van der Waals surface area contributed by atoms with Crippen molar-refractivity contribution >= 4 is 23.4 Å². The minimum absolute atomic E-state index is 0.142. The van der Waals surface area contributed by atoms with Crippen LogP contribution in [-0.2, 0) is 15.8 Å². The molecule has 0 aliphatic rings. The molecule has 20 heavy (non-hydrogen) atoms. The van der Waals surface area contributed by atoms with E-state index in [4.69, 9.17) is 17.3 Å². The predicted molar refractivity (Wildman–Crippen MR) is 66.8 cm³/mol. The lowest BCUT2D eigenvalue weighted by Crippen LogP contribution is -2.39. The zero-order chi connectivity index (χ0) is 15.7. The van der Waals surface area contributed by atoms with Gasteiger partial charge in [-0.2, -0.15) is 13.2 Å². The summed E-state index contributed by atoms with van der Waals surface area (Å²) in [6.07, 6.45) is -4.50. The van der Waals surface area contributed by atoms with Crippen molar-refractivity contribution in [1.82, 2.24) is 4.90 Å². The van der Waals surface area contributed by atoms with Gasteiger partial charge in [-0.05, 0) is 24.6 Å². The van der Waals surface area contributed by atoms with Crippen LogP contribution >= 0.6 is 11.6 Å². The first-order valence-electron chi connectivity index (χ1n) is 5.49. The molecule has 8 heteroatoms. The summed E-state index contributed by atoms with van der Waals surface area (Å²) in [4.78, 5) is 23.2. The molecule has 0 aliphatic carbocycles. The monoisotopic (exact) mass is 308 g/mol. The van der Waals surface area contributed by atoms with E-state index in [1.54, 1.807) is 0 Å². The topological polar surface area (TPSA) is 63.4 Å². The Bertz CT molecular complexity index is 546. The van der Waals surface area contributed by atoms with Crippen LogP contribution < -0.4 is 5.73 Å². The summed E-state index contributed by atoms with van der Waals surface area (Å²) >= 11 is 5.80. The van der Waals surface area contributed by atoms with Crippen molar-refractivity contribution in [1.29, 1.82) is 0 Å². The average molecular weight is 309 g/mol. The van der Waals surface area contributed by atoms with Crippen molar-refractivity contribution in [2.24, 2.45) is 5.73 Å². The number of likely N-dealkylation sites (N-methyl/N-ethyl adjacent to an activating group) is 1. The summed E-state index contributed by atoms with van der Waals surface area (Å²) in [6.45, 7) is 1.52. The molecule has 1 aromatic rings. The molecular formula is C12H12ClF3N2O2. The van der Waals surface area contributed by atoms with E-state index in [1.807, 2.05) is 0 Å².